The van der Waals surface area contributed by atoms with Crippen LogP contribution in [-0.2, 0) is 15.7 Å². The van der Waals surface area contributed by atoms with Crippen molar-refractivity contribution in [3.05, 3.63) is 77.6 Å². The van der Waals surface area contributed by atoms with Crippen molar-refractivity contribution in [2.45, 2.75) is 18.6 Å². The molecule has 3 aromatic rings. The van der Waals surface area contributed by atoms with Crippen LogP contribution in [0.4, 0.5) is 34.6 Å². The van der Waals surface area contributed by atoms with Gasteiger partial charge in [-0.25, -0.2) is 9.38 Å². The van der Waals surface area contributed by atoms with Gasteiger partial charge in [-0.05, 0) is 36.4 Å². The predicted molar refractivity (Wildman–Crippen MR) is 150 cm³/mol. The largest absolute Gasteiger partial charge is 0.497 e. The van der Waals surface area contributed by atoms with E-state index in [4.69, 9.17) is 14.2 Å². The van der Waals surface area contributed by atoms with Crippen LogP contribution in [0.5, 0.6) is 11.5 Å². The van der Waals surface area contributed by atoms with Gasteiger partial charge < -0.3 is 28.9 Å². The third-order valence-electron chi connectivity index (χ3n) is 7.45. The Morgan fingerprint density at radius 3 is 2.29 bits per heavy atom. The topological polar surface area (TPSA) is 66.8 Å². The molecule has 5 rings (SSSR count). The van der Waals surface area contributed by atoms with Gasteiger partial charge in [0.1, 0.15) is 23.0 Å². The molecule has 0 amide bonds. The van der Waals surface area contributed by atoms with Gasteiger partial charge >= 0.3 is 12.1 Å². The number of guanidine groups is 1. The molecule has 0 aromatic heterocycles. The number of methoxy groups -OCH3 is 3. The molecule has 42 heavy (non-hydrogen) atoms. The molecule has 1 fully saturated rings. The first-order valence-corrected chi connectivity index (χ1v) is 13.3. The van der Waals surface area contributed by atoms with Crippen molar-refractivity contribution < 1.29 is 36.6 Å². The number of alkyl halides is 3. The molecule has 1 atom stereocenters. The van der Waals surface area contributed by atoms with Crippen molar-refractivity contribution in [1.82, 2.24) is 4.90 Å². The minimum Gasteiger partial charge on any atom is -0.497 e. The summed E-state index contributed by atoms with van der Waals surface area (Å²) in [7, 11) is 3.99. The molecule has 12 heteroatoms. The summed E-state index contributed by atoms with van der Waals surface area (Å²) < 4.78 is 72.6. The quantitative estimate of drug-likeness (QED) is 0.267. The molecule has 1 unspecified atom stereocenters. The van der Waals surface area contributed by atoms with Crippen molar-refractivity contribution in [2.24, 2.45) is 4.99 Å². The number of carbonyl (C=O) groups excluding carboxylic acids is 1. The van der Waals surface area contributed by atoms with Crippen LogP contribution >= 0.6 is 0 Å². The van der Waals surface area contributed by atoms with E-state index in [1.54, 1.807) is 18.1 Å². The fourth-order valence-electron chi connectivity index (χ4n) is 5.35. The molecule has 2 heterocycles. The second-order valence-corrected chi connectivity index (χ2v) is 9.81. The summed E-state index contributed by atoms with van der Waals surface area (Å²) in [5, 5.41) is 0. The van der Waals surface area contributed by atoms with Gasteiger partial charge in [-0.2, -0.15) is 13.2 Å². The Balaban J connectivity index is 1.59. The lowest BCUT2D eigenvalue weighted by Crippen LogP contribution is -2.55. The molecule has 2 aliphatic heterocycles. The second-order valence-electron chi connectivity index (χ2n) is 9.81. The summed E-state index contributed by atoms with van der Waals surface area (Å²) in [6, 6.07) is 14.8. The fourth-order valence-corrected chi connectivity index (χ4v) is 5.35. The van der Waals surface area contributed by atoms with E-state index in [1.165, 1.54) is 38.5 Å². The van der Waals surface area contributed by atoms with Crippen LogP contribution in [0.2, 0.25) is 0 Å². The van der Waals surface area contributed by atoms with E-state index in [9.17, 15) is 18.0 Å². The van der Waals surface area contributed by atoms with Crippen LogP contribution in [0.15, 0.2) is 65.7 Å². The average molecular weight is 587 g/mol. The Morgan fingerprint density at radius 2 is 1.62 bits per heavy atom. The molecule has 8 nitrogen and oxygen atoms in total. The Bertz CT molecular complexity index is 1490. The van der Waals surface area contributed by atoms with Gasteiger partial charge in [0.05, 0.1) is 39.4 Å². The summed E-state index contributed by atoms with van der Waals surface area (Å²) in [5.41, 5.74) is 0.509. The van der Waals surface area contributed by atoms with Crippen LogP contribution in [0.25, 0.3) is 0 Å². The lowest BCUT2D eigenvalue weighted by molar-refractivity contribution is -0.141. The van der Waals surface area contributed by atoms with Gasteiger partial charge in [-0.3, -0.25) is 4.79 Å². The number of fused-ring (bicyclic) bond motifs is 1. The molecular weight excluding hydrogens is 556 g/mol. The van der Waals surface area contributed by atoms with Crippen LogP contribution in [0, 0.1) is 5.82 Å². The first-order valence-electron chi connectivity index (χ1n) is 13.3. The van der Waals surface area contributed by atoms with Crippen molar-refractivity contribution in [3.63, 3.8) is 0 Å². The molecule has 0 radical (unpaired) electrons. The number of anilines is 2. The molecule has 0 aliphatic carbocycles. The maximum atomic E-state index is 15.2. The Labute approximate surface area is 240 Å². The number of esters is 1. The monoisotopic (exact) mass is 586 g/mol. The molecule has 3 aromatic carbocycles. The van der Waals surface area contributed by atoms with E-state index in [1.807, 2.05) is 29.2 Å². The number of piperazine rings is 1. The SMILES string of the molecule is COC(=O)CC1c2cccc(F)c2N=C(N2CCN(c3cccc(OC)c3)CC2)N1c1ccc(OC)c(C(F)(F)F)c1. The van der Waals surface area contributed by atoms with E-state index in [-0.39, 0.29) is 29.5 Å². The Kier molecular flexibility index (Phi) is 8.15. The van der Waals surface area contributed by atoms with Crippen molar-refractivity contribution in [3.8, 4) is 11.5 Å². The number of hydrogen-bond acceptors (Lipinski definition) is 8. The van der Waals surface area contributed by atoms with Gasteiger partial charge in [0, 0.05) is 49.2 Å². The van der Waals surface area contributed by atoms with E-state index in [0.717, 1.165) is 17.5 Å². The minimum atomic E-state index is -4.71. The van der Waals surface area contributed by atoms with E-state index in [2.05, 4.69) is 9.89 Å². The second kappa shape index (κ2) is 11.8. The van der Waals surface area contributed by atoms with Crippen LogP contribution in [0.3, 0.4) is 0 Å². The molecule has 0 saturated carbocycles. The summed E-state index contributed by atoms with van der Waals surface area (Å²) in [5.74, 6) is -0.584. The van der Waals surface area contributed by atoms with Crippen LogP contribution in [-0.4, -0.2) is 64.3 Å². The van der Waals surface area contributed by atoms with Crippen molar-refractivity contribution >= 4 is 29.0 Å². The predicted octanol–water partition coefficient (Wildman–Crippen LogP) is 5.80. The number of carbonyl (C=O) groups is 1. The van der Waals surface area contributed by atoms with Crippen LogP contribution in [0.1, 0.15) is 23.6 Å². The molecule has 2 aliphatic rings. The highest BCUT2D eigenvalue weighted by atomic mass is 19.4. The summed E-state index contributed by atoms with van der Waals surface area (Å²) in [6.07, 6.45) is -4.96. The number of hydrogen-bond donors (Lipinski definition) is 0. The highest BCUT2D eigenvalue weighted by molar-refractivity contribution is 6.01. The van der Waals surface area contributed by atoms with E-state index < -0.39 is 29.6 Å². The van der Waals surface area contributed by atoms with Crippen molar-refractivity contribution in [2.75, 3.05) is 57.3 Å². The standard InChI is InChI=1S/C30H30F4N4O4/c1-40-21-7-4-6-19(16-21)36-12-14-37(15-13-36)29-35-28-22(8-5-9-24(28)31)25(18-27(39)42-3)38(29)20-10-11-26(41-2)23(17-20)30(32,33)34/h4-11,16-17,25H,12-15,18H2,1-3H3. The van der Waals surface area contributed by atoms with Gasteiger partial charge in [-0.1, -0.05) is 18.2 Å². The number of ether oxygens (including phenoxy) is 3. The smallest absolute Gasteiger partial charge is 0.420 e. The maximum Gasteiger partial charge on any atom is 0.420 e. The van der Waals surface area contributed by atoms with Gasteiger partial charge in [-0.15, -0.1) is 0 Å². The maximum absolute atomic E-state index is 15.2. The number of rotatable bonds is 6. The fraction of sp³-hybridized carbons (Fsp3) is 0.333. The molecular formula is C30H30F4N4O4. The van der Waals surface area contributed by atoms with Crippen LogP contribution < -0.4 is 19.3 Å². The first-order chi connectivity index (χ1) is 20.1. The third kappa shape index (κ3) is 5.65. The first kappa shape index (κ1) is 29.0. The highest BCUT2D eigenvalue weighted by Crippen LogP contribution is 2.45. The van der Waals surface area contributed by atoms with Gasteiger partial charge in [0.25, 0.3) is 0 Å². The molecule has 1 saturated heterocycles. The zero-order chi connectivity index (χ0) is 30.0. The van der Waals surface area contributed by atoms with E-state index in [0.29, 0.717) is 31.7 Å². The molecule has 0 bridgehead atoms. The third-order valence-corrected chi connectivity index (χ3v) is 7.45. The lowest BCUT2D eigenvalue weighted by atomic mass is 9.96. The molecule has 222 valence electrons. The number of benzene rings is 3. The number of nitrogens with zero attached hydrogens (tertiary/aromatic N) is 4. The summed E-state index contributed by atoms with van der Waals surface area (Å²) in [4.78, 5) is 22.9. The summed E-state index contributed by atoms with van der Waals surface area (Å²) >= 11 is 0. The van der Waals surface area contributed by atoms with Gasteiger partial charge in [0.15, 0.2) is 0 Å². The zero-order valence-electron chi connectivity index (χ0n) is 23.3. The van der Waals surface area contributed by atoms with E-state index >= 15 is 4.39 Å². The zero-order valence-corrected chi connectivity index (χ0v) is 23.3. The number of aliphatic imine (C=N–C) groups is 1. The van der Waals surface area contributed by atoms with Gasteiger partial charge in [0.2, 0.25) is 5.96 Å². The molecule has 0 N–H and O–H groups in total. The normalized spacial score (nSPS) is 17.0. The minimum absolute atomic E-state index is 0.0393. The lowest BCUT2D eigenvalue weighted by Gasteiger charge is -2.45. The van der Waals surface area contributed by atoms with Crippen molar-refractivity contribution in [1.29, 1.82) is 0 Å². The molecule has 0 spiro atoms. The average Bonchev–Trinajstić information content (AvgIpc) is 3.00. The number of para-hydroxylation sites is 1. The Hall–Kier alpha value is -4.48. The Morgan fingerprint density at radius 1 is 0.905 bits per heavy atom. The highest BCUT2D eigenvalue weighted by Gasteiger charge is 2.40. The number of halogens is 4. The summed E-state index contributed by atoms with van der Waals surface area (Å²) in [6.45, 7) is 1.98.